The average molecular weight is 378 g/mol. The van der Waals surface area contributed by atoms with Gasteiger partial charge in [0.2, 0.25) is 0 Å². The Balaban J connectivity index is 2.50. The third-order valence-electron chi connectivity index (χ3n) is 3.70. The SMILES string of the molecule is COc1ccc2c(oc3c(C(F)(F)F)c(OC=O)ccc32)c1C(F)(F)F. The summed E-state index contributed by atoms with van der Waals surface area (Å²) in [5.41, 5.74) is -4.49. The van der Waals surface area contributed by atoms with Gasteiger partial charge in [0.15, 0.2) is 11.2 Å². The first kappa shape index (κ1) is 17.9. The van der Waals surface area contributed by atoms with Crippen molar-refractivity contribution in [3.05, 3.63) is 35.4 Å². The third-order valence-corrected chi connectivity index (χ3v) is 3.70. The minimum absolute atomic E-state index is 0.184. The summed E-state index contributed by atoms with van der Waals surface area (Å²) < 4.78 is 94.4. The van der Waals surface area contributed by atoms with E-state index in [1.165, 1.54) is 0 Å². The predicted molar refractivity (Wildman–Crippen MR) is 77.0 cm³/mol. The lowest BCUT2D eigenvalue weighted by Gasteiger charge is -2.11. The highest BCUT2D eigenvalue weighted by molar-refractivity contribution is 6.08. The number of rotatable bonds is 3. The van der Waals surface area contributed by atoms with Crippen LogP contribution in [0.25, 0.3) is 21.9 Å². The minimum Gasteiger partial charge on any atom is -0.496 e. The van der Waals surface area contributed by atoms with Crippen LogP contribution in [0.15, 0.2) is 28.7 Å². The fraction of sp³-hybridized carbons (Fsp3) is 0.188. The van der Waals surface area contributed by atoms with Crippen molar-refractivity contribution in [2.24, 2.45) is 0 Å². The topological polar surface area (TPSA) is 48.7 Å². The zero-order chi connectivity index (χ0) is 19.3. The van der Waals surface area contributed by atoms with Gasteiger partial charge in [0.05, 0.1) is 7.11 Å². The lowest BCUT2D eigenvalue weighted by molar-refractivity contribution is -0.139. The van der Waals surface area contributed by atoms with Crippen molar-refractivity contribution in [3.63, 3.8) is 0 Å². The van der Waals surface area contributed by atoms with Gasteiger partial charge in [0.1, 0.15) is 22.6 Å². The van der Waals surface area contributed by atoms with E-state index >= 15 is 0 Å². The Morgan fingerprint density at radius 3 is 1.73 bits per heavy atom. The van der Waals surface area contributed by atoms with Crippen molar-refractivity contribution in [1.29, 1.82) is 0 Å². The van der Waals surface area contributed by atoms with Crippen molar-refractivity contribution in [2.75, 3.05) is 7.11 Å². The first-order valence-corrected chi connectivity index (χ1v) is 6.90. The molecule has 0 radical (unpaired) electrons. The summed E-state index contributed by atoms with van der Waals surface area (Å²) in [7, 11) is 0.996. The molecule has 3 aromatic rings. The van der Waals surface area contributed by atoms with Gasteiger partial charge in [-0.3, -0.25) is 4.79 Å². The molecule has 0 aliphatic rings. The smallest absolute Gasteiger partial charge is 0.423 e. The van der Waals surface area contributed by atoms with Crippen molar-refractivity contribution < 1.29 is 45.0 Å². The number of hydrogen-bond acceptors (Lipinski definition) is 4. The zero-order valence-corrected chi connectivity index (χ0v) is 12.8. The van der Waals surface area contributed by atoms with Gasteiger partial charge in [-0.15, -0.1) is 0 Å². The molecular formula is C16H8F6O4. The number of fused-ring (bicyclic) bond motifs is 3. The Morgan fingerprint density at radius 2 is 1.31 bits per heavy atom. The summed E-state index contributed by atoms with van der Waals surface area (Å²) in [5, 5.41) is -0.394. The summed E-state index contributed by atoms with van der Waals surface area (Å²) in [6.07, 6.45) is -9.96. The lowest BCUT2D eigenvalue weighted by atomic mass is 10.0. The van der Waals surface area contributed by atoms with Crippen LogP contribution < -0.4 is 9.47 Å². The minimum atomic E-state index is -5.03. The standard InChI is InChI=1S/C16H8F6O4/c1-24-9-4-2-7-8-3-5-10(25-6-23)12(16(20,21)22)14(8)26-13(7)11(9)15(17,18)19/h2-6H,1H3. The number of benzene rings is 2. The largest absolute Gasteiger partial charge is 0.496 e. The summed E-state index contributed by atoms with van der Waals surface area (Å²) in [6, 6.07) is 4.08. The molecular weight excluding hydrogens is 370 g/mol. The molecule has 0 fully saturated rings. The zero-order valence-electron chi connectivity index (χ0n) is 12.8. The maximum absolute atomic E-state index is 13.4. The number of ether oxygens (including phenoxy) is 2. The molecule has 0 saturated heterocycles. The van der Waals surface area contributed by atoms with Gasteiger partial charge in [-0.1, -0.05) is 0 Å². The van der Waals surface area contributed by atoms with E-state index < -0.39 is 46.1 Å². The Labute approximate surface area is 140 Å². The van der Waals surface area contributed by atoms with E-state index in [4.69, 9.17) is 4.42 Å². The van der Waals surface area contributed by atoms with Gasteiger partial charge in [-0.25, -0.2) is 0 Å². The maximum Gasteiger partial charge on any atom is 0.423 e. The van der Waals surface area contributed by atoms with E-state index in [9.17, 15) is 31.1 Å². The van der Waals surface area contributed by atoms with Crippen molar-refractivity contribution in [2.45, 2.75) is 12.4 Å². The van der Waals surface area contributed by atoms with E-state index in [0.717, 1.165) is 31.4 Å². The van der Waals surface area contributed by atoms with Crippen molar-refractivity contribution >= 4 is 28.4 Å². The van der Waals surface area contributed by atoms with Gasteiger partial charge in [0, 0.05) is 10.8 Å². The van der Waals surface area contributed by atoms with Crippen LogP contribution in [0.4, 0.5) is 26.3 Å². The van der Waals surface area contributed by atoms with Crippen LogP contribution in [0.5, 0.6) is 11.5 Å². The highest BCUT2D eigenvalue weighted by Crippen LogP contribution is 2.48. The van der Waals surface area contributed by atoms with E-state index in [-0.39, 0.29) is 17.2 Å². The Hall–Kier alpha value is -2.91. The number of hydrogen-bond donors (Lipinski definition) is 0. The van der Waals surface area contributed by atoms with Gasteiger partial charge in [-0.2, -0.15) is 26.3 Å². The highest BCUT2D eigenvalue weighted by atomic mass is 19.4. The number of carbonyl (C=O) groups excluding carboxylic acids is 1. The van der Waals surface area contributed by atoms with Crippen LogP contribution in [-0.4, -0.2) is 13.6 Å². The summed E-state index contributed by atoms with van der Waals surface area (Å²) in [6.45, 7) is -0.219. The van der Waals surface area contributed by atoms with Crippen LogP contribution in [0, 0.1) is 0 Å². The monoisotopic (exact) mass is 378 g/mol. The average Bonchev–Trinajstić information content (AvgIpc) is 2.89. The molecule has 0 saturated carbocycles. The number of furan rings is 1. The molecule has 4 nitrogen and oxygen atoms in total. The van der Waals surface area contributed by atoms with E-state index in [1.807, 2.05) is 0 Å². The van der Waals surface area contributed by atoms with E-state index in [1.54, 1.807) is 0 Å². The Morgan fingerprint density at radius 1 is 0.846 bits per heavy atom. The van der Waals surface area contributed by atoms with Gasteiger partial charge < -0.3 is 13.9 Å². The molecule has 0 aliphatic carbocycles. The second kappa shape index (κ2) is 5.82. The fourth-order valence-electron chi connectivity index (χ4n) is 2.72. The quantitative estimate of drug-likeness (QED) is 0.466. The van der Waals surface area contributed by atoms with Crippen LogP contribution in [0.2, 0.25) is 0 Å². The number of halogens is 6. The fourth-order valence-corrected chi connectivity index (χ4v) is 2.72. The maximum atomic E-state index is 13.4. The molecule has 0 N–H and O–H groups in total. The molecule has 2 aromatic carbocycles. The first-order valence-electron chi connectivity index (χ1n) is 6.90. The lowest BCUT2D eigenvalue weighted by Crippen LogP contribution is -2.08. The van der Waals surface area contributed by atoms with E-state index in [2.05, 4.69) is 9.47 Å². The van der Waals surface area contributed by atoms with Crippen LogP contribution >= 0.6 is 0 Å². The Kier molecular flexibility index (Phi) is 4.01. The first-order chi connectivity index (χ1) is 12.1. The second-order valence-corrected chi connectivity index (χ2v) is 5.15. The molecule has 26 heavy (non-hydrogen) atoms. The Bertz CT molecular complexity index is 1000. The molecule has 1 aromatic heterocycles. The molecule has 0 atom stereocenters. The van der Waals surface area contributed by atoms with Crippen LogP contribution in [-0.2, 0) is 17.1 Å². The number of alkyl halides is 6. The molecule has 1 heterocycles. The van der Waals surface area contributed by atoms with Crippen LogP contribution in [0.1, 0.15) is 11.1 Å². The summed E-state index contributed by atoms with van der Waals surface area (Å²) in [5.74, 6) is -1.47. The molecule has 0 spiro atoms. The highest BCUT2D eigenvalue weighted by Gasteiger charge is 2.42. The van der Waals surface area contributed by atoms with Gasteiger partial charge >= 0.3 is 12.4 Å². The molecule has 0 bridgehead atoms. The number of methoxy groups -OCH3 is 1. The molecule has 0 unspecified atom stereocenters. The molecule has 10 heteroatoms. The van der Waals surface area contributed by atoms with Crippen molar-refractivity contribution in [1.82, 2.24) is 0 Å². The van der Waals surface area contributed by atoms with Crippen molar-refractivity contribution in [3.8, 4) is 11.5 Å². The third kappa shape index (κ3) is 2.71. The number of carbonyl (C=O) groups is 1. The van der Waals surface area contributed by atoms with Crippen LogP contribution in [0.3, 0.4) is 0 Å². The predicted octanol–water partition coefficient (Wildman–Crippen LogP) is 5.17. The summed E-state index contributed by atoms with van der Waals surface area (Å²) in [4.78, 5) is 10.4. The molecule has 3 rings (SSSR count). The molecule has 0 aliphatic heterocycles. The second-order valence-electron chi connectivity index (χ2n) is 5.15. The molecule has 0 amide bonds. The normalized spacial score (nSPS) is 12.6. The van der Waals surface area contributed by atoms with E-state index in [0.29, 0.717) is 0 Å². The summed E-state index contributed by atoms with van der Waals surface area (Å²) >= 11 is 0. The van der Waals surface area contributed by atoms with Gasteiger partial charge in [-0.05, 0) is 24.3 Å². The molecule has 138 valence electrons. The van der Waals surface area contributed by atoms with Gasteiger partial charge in [0.25, 0.3) is 6.47 Å².